The molecule has 0 spiro atoms. The molecule has 1 fully saturated rings. The van der Waals surface area contributed by atoms with E-state index in [1.54, 1.807) is 0 Å². The number of nitrogens with zero attached hydrogens (tertiary/aromatic N) is 3. The molecule has 1 aliphatic rings. The van der Waals surface area contributed by atoms with Crippen LogP contribution in [-0.2, 0) is 19.4 Å². The number of likely N-dealkylation sites (tertiary alicyclic amines) is 1. The van der Waals surface area contributed by atoms with Gasteiger partial charge in [-0.3, -0.25) is 4.99 Å². The molecule has 1 atom stereocenters. The van der Waals surface area contributed by atoms with Crippen molar-refractivity contribution in [1.82, 2.24) is 20.7 Å². The van der Waals surface area contributed by atoms with Crippen LogP contribution in [0.3, 0.4) is 0 Å². The average molecular weight is 449 g/mol. The van der Waals surface area contributed by atoms with E-state index in [4.69, 9.17) is 4.52 Å². The van der Waals surface area contributed by atoms with Crippen LogP contribution >= 0.6 is 24.0 Å². The molecule has 2 heterocycles. The molecule has 0 bridgehead atoms. The quantitative estimate of drug-likeness (QED) is 0.397. The predicted octanol–water partition coefficient (Wildman–Crippen LogP) is 2.42. The van der Waals surface area contributed by atoms with Crippen molar-refractivity contribution in [3.63, 3.8) is 0 Å². The van der Waals surface area contributed by atoms with E-state index in [2.05, 4.69) is 46.6 Å². The topological polar surface area (TPSA) is 65.7 Å². The number of halogens is 1. The molecule has 1 aliphatic heterocycles. The van der Waals surface area contributed by atoms with Crippen molar-refractivity contribution in [1.29, 1.82) is 0 Å². The molecule has 138 valence electrons. The molecule has 0 saturated carbocycles. The van der Waals surface area contributed by atoms with E-state index >= 15 is 0 Å². The first-order chi connectivity index (χ1) is 11.2. The number of aromatic nitrogens is 1. The normalized spacial score (nSPS) is 19.0. The van der Waals surface area contributed by atoms with Gasteiger partial charge in [-0.25, -0.2) is 0 Å². The molecule has 24 heavy (non-hydrogen) atoms. The van der Waals surface area contributed by atoms with Crippen LogP contribution in [0, 0.1) is 5.92 Å². The number of hydrogen-bond acceptors (Lipinski definition) is 4. The van der Waals surface area contributed by atoms with Crippen LogP contribution in [0.25, 0.3) is 0 Å². The zero-order valence-corrected chi connectivity index (χ0v) is 17.7. The molecule has 1 aromatic heterocycles. The maximum atomic E-state index is 5.41. The lowest BCUT2D eigenvalue weighted by Crippen LogP contribution is -2.43. The first-order valence-electron chi connectivity index (χ1n) is 8.77. The Balaban J connectivity index is 0.00000288. The van der Waals surface area contributed by atoms with E-state index in [-0.39, 0.29) is 24.0 Å². The first-order valence-corrected chi connectivity index (χ1v) is 8.77. The summed E-state index contributed by atoms with van der Waals surface area (Å²) in [4.78, 5) is 6.74. The lowest BCUT2D eigenvalue weighted by molar-refractivity contribution is 0.210. The summed E-state index contributed by atoms with van der Waals surface area (Å²) in [5.41, 5.74) is 2.22. The Kier molecular flexibility index (Phi) is 9.65. The van der Waals surface area contributed by atoms with Gasteiger partial charge in [-0.05, 0) is 38.8 Å². The molecule has 1 unspecified atom stereocenters. The fourth-order valence-corrected chi connectivity index (χ4v) is 3.21. The fourth-order valence-electron chi connectivity index (χ4n) is 3.21. The molecule has 2 rings (SSSR count). The Morgan fingerprint density at radius 3 is 2.75 bits per heavy atom. The van der Waals surface area contributed by atoms with Gasteiger partial charge in [0.15, 0.2) is 5.96 Å². The third-order valence-electron chi connectivity index (χ3n) is 4.54. The molecule has 7 heteroatoms. The summed E-state index contributed by atoms with van der Waals surface area (Å²) in [5.74, 6) is 2.52. The number of aliphatic imine (C=N–C) groups is 1. The van der Waals surface area contributed by atoms with E-state index < -0.39 is 0 Å². The smallest absolute Gasteiger partial charge is 0.191 e. The third-order valence-corrected chi connectivity index (χ3v) is 4.54. The zero-order valence-electron chi connectivity index (χ0n) is 15.4. The van der Waals surface area contributed by atoms with Crippen molar-refractivity contribution in [2.24, 2.45) is 10.9 Å². The molecule has 0 amide bonds. The summed E-state index contributed by atoms with van der Waals surface area (Å²) < 4.78 is 5.41. The Hall–Kier alpha value is -0.830. The zero-order chi connectivity index (χ0) is 16.7. The van der Waals surface area contributed by atoms with Gasteiger partial charge in [0.2, 0.25) is 0 Å². The molecule has 1 aromatic rings. The van der Waals surface area contributed by atoms with Crippen LogP contribution in [0.4, 0.5) is 0 Å². The van der Waals surface area contributed by atoms with Crippen molar-refractivity contribution in [3.8, 4) is 0 Å². The van der Waals surface area contributed by atoms with Gasteiger partial charge in [-0.15, -0.1) is 24.0 Å². The first kappa shape index (κ1) is 21.2. The van der Waals surface area contributed by atoms with E-state index in [1.165, 1.54) is 24.9 Å². The maximum Gasteiger partial charge on any atom is 0.191 e. The van der Waals surface area contributed by atoms with E-state index in [0.717, 1.165) is 43.3 Å². The summed E-state index contributed by atoms with van der Waals surface area (Å²) in [6.07, 6.45) is 4.33. The van der Waals surface area contributed by atoms with Crippen LogP contribution in [0.1, 0.15) is 43.7 Å². The molecule has 0 aromatic carbocycles. The Labute approximate surface area is 162 Å². The van der Waals surface area contributed by atoms with Gasteiger partial charge in [0, 0.05) is 38.7 Å². The van der Waals surface area contributed by atoms with Gasteiger partial charge in [0.1, 0.15) is 5.76 Å². The molecule has 0 aliphatic carbocycles. The van der Waals surface area contributed by atoms with Crippen LogP contribution in [0.15, 0.2) is 9.52 Å². The van der Waals surface area contributed by atoms with Gasteiger partial charge in [0.25, 0.3) is 0 Å². The highest BCUT2D eigenvalue weighted by Crippen LogP contribution is 2.16. The van der Waals surface area contributed by atoms with Crippen LogP contribution in [0.5, 0.6) is 0 Å². The number of rotatable bonds is 6. The predicted molar refractivity (Wildman–Crippen MR) is 109 cm³/mol. The minimum Gasteiger partial charge on any atom is -0.361 e. The third kappa shape index (κ3) is 5.91. The summed E-state index contributed by atoms with van der Waals surface area (Å²) in [7, 11) is 4.01. The molecule has 6 nitrogen and oxygen atoms in total. The Morgan fingerprint density at radius 2 is 2.12 bits per heavy atom. The monoisotopic (exact) mass is 449 g/mol. The minimum atomic E-state index is 0. The van der Waals surface area contributed by atoms with Crippen molar-refractivity contribution >= 4 is 29.9 Å². The number of piperidine rings is 1. The van der Waals surface area contributed by atoms with Gasteiger partial charge in [0.05, 0.1) is 5.69 Å². The second-order valence-corrected chi connectivity index (χ2v) is 6.32. The van der Waals surface area contributed by atoms with Gasteiger partial charge >= 0.3 is 0 Å². The van der Waals surface area contributed by atoms with Crippen LogP contribution in [0.2, 0.25) is 0 Å². The van der Waals surface area contributed by atoms with Crippen molar-refractivity contribution in [3.05, 3.63) is 17.0 Å². The highest BCUT2D eigenvalue weighted by atomic mass is 127. The van der Waals surface area contributed by atoms with Crippen LogP contribution in [-0.4, -0.2) is 49.7 Å². The lowest BCUT2D eigenvalue weighted by Gasteiger charge is -2.30. The summed E-state index contributed by atoms with van der Waals surface area (Å²) in [6, 6.07) is 0. The Morgan fingerprint density at radius 1 is 1.33 bits per heavy atom. The lowest BCUT2D eigenvalue weighted by atomic mass is 9.99. The highest BCUT2D eigenvalue weighted by molar-refractivity contribution is 14.0. The average Bonchev–Trinajstić information content (AvgIpc) is 2.97. The largest absolute Gasteiger partial charge is 0.361 e. The van der Waals surface area contributed by atoms with E-state index in [0.29, 0.717) is 12.5 Å². The SMILES string of the molecule is CCc1noc(CC)c1CNC(=NC)NCC1CCCN(C)C1.I. The van der Waals surface area contributed by atoms with E-state index in [1.807, 2.05) is 7.05 Å². The molecule has 2 N–H and O–H groups in total. The second kappa shape index (κ2) is 10.9. The highest BCUT2D eigenvalue weighted by Gasteiger charge is 2.18. The summed E-state index contributed by atoms with van der Waals surface area (Å²) in [6.45, 7) is 8.25. The molecular weight excluding hydrogens is 417 g/mol. The van der Waals surface area contributed by atoms with Crippen LogP contribution < -0.4 is 10.6 Å². The van der Waals surface area contributed by atoms with Gasteiger partial charge in [-0.1, -0.05) is 19.0 Å². The fraction of sp³-hybridized carbons (Fsp3) is 0.765. The maximum absolute atomic E-state index is 5.41. The standard InChI is InChI=1S/C17H31N5O.HI/c1-5-15-14(16(6-2)23-21-15)11-20-17(18-3)19-10-13-8-7-9-22(4)12-13;/h13H,5-12H2,1-4H3,(H2,18,19,20);1H. The number of hydrogen-bond donors (Lipinski definition) is 2. The molecular formula is C17H32IN5O. The van der Waals surface area contributed by atoms with Gasteiger partial charge < -0.3 is 20.1 Å². The molecule has 1 saturated heterocycles. The van der Waals surface area contributed by atoms with Crippen molar-refractivity contribution in [2.75, 3.05) is 33.7 Å². The summed E-state index contributed by atoms with van der Waals surface area (Å²) >= 11 is 0. The Bertz CT molecular complexity index is 496. The van der Waals surface area contributed by atoms with Crippen molar-refractivity contribution in [2.45, 2.75) is 46.1 Å². The van der Waals surface area contributed by atoms with Crippen molar-refractivity contribution < 1.29 is 4.52 Å². The number of guanidine groups is 1. The number of aryl methyl sites for hydroxylation is 2. The van der Waals surface area contributed by atoms with E-state index in [9.17, 15) is 0 Å². The molecule has 0 radical (unpaired) electrons. The second-order valence-electron chi connectivity index (χ2n) is 6.32. The minimum absolute atomic E-state index is 0. The number of nitrogens with one attached hydrogen (secondary N) is 2. The van der Waals surface area contributed by atoms with Gasteiger partial charge in [-0.2, -0.15) is 0 Å². The summed E-state index contributed by atoms with van der Waals surface area (Å²) in [5, 5.41) is 11.0.